The largest absolute Gasteiger partial charge is 0.444 e. The van der Waals surface area contributed by atoms with Crippen LogP contribution in [0.2, 0.25) is 0 Å². The number of carbonyl (C=O) groups is 2. The Labute approximate surface area is 99.9 Å². The minimum absolute atomic E-state index is 0.0966. The highest BCUT2D eigenvalue weighted by atomic mass is 16.6. The van der Waals surface area contributed by atoms with Crippen molar-refractivity contribution < 1.29 is 14.3 Å². The molecule has 0 unspecified atom stereocenters. The number of aryl methyl sites for hydroxylation is 1. The Hall–Kier alpha value is -1.85. The Morgan fingerprint density at radius 3 is 2.59 bits per heavy atom. The average Bonchev–Trinajstić information content (AvgIpc) is 2.58. The zero-order valence-corrected chi connectivity index (χ0v) is 10.5. The number of alkyl carbamates (subject to hydrolysis) is 1. The highest BCUT2D eigenvalue weighted by Gasteiger charge is 2.17. The SMILES string of the molecule is Cn1cc(C(=O)CNC(=O)OC(C)(C)C)cn1. The minimum atomic E-state index is -0.602. The first-order valence-corrected chi connectivity index (χ1v) is 5.26. The van der Waals surface area contributed by atoms with Crippen molar-refractivity contribution in [3.8, 4) is 0 Å². The lowest BCUT2D eigenvalue weighted by Gasteiger charge is -2.19. The van der Waals surface area contributed by atoms with Gasteiger partial charge in [0.15, 0.2) is 5.78 Å². The molecule has 0 fully saturated rings. The van der Waals surface area contributed by atoms with Gasteiger partial charge < -0.3 is 10.1 Å². The molecule has 17 heavy (non-hydrogen) atoms. The van der Waals surface area contributed by atoms with Gasteiger partial charge in [-0.2, -0.15) is 5.10 Å². The normalized spacial score (nSPS) is 11.1. The number of amides is 1. The molecular formula is C11H17N3O3. The maximum absolute atomic E-state index is 11.6. The van der Waals surface area contributed by atoms with Gasteiger partial charge in [0.25, 0.3) is 0 Å². The number of ether oxygens (including phenoxy) is 1. The van der Waals surface area contributed by atoms with Gasteiger partial charge in [-0.25, -0.2) is 4.79 Å². The van der Waals surface area contributed by atoms with E-state index in [-0.39, 0.29) is 12.3 Å². The third-order valence-corrected chi connectivity index (χ3v) is 1.82. The van der Waals surface area contributed by atoms with E-state index in [0.29, 0.717) is 5.56 Å². The molecule has 6 nitrogen and oxygen atoms in total. The van der Waals surface area contributed by atoms with Gasteiger partial charge in [-0.05, 0) is 20.8 Å². The molecule has 1 rings (SSSR count). The molecule has 0 bridgehead atoms. The van der Waals surface area contributed by atoms with E-state index < -0.39 is 11.7 Å². The lowest BCUT2D eigenvalue weighted by Crippen LogP contribution is -2.35. The summed E-state index contributed by atoms with van der Waals surface area (Å²) in [5.41, 5.74) is -0.106. The highest BCUT2D eigenvalue weighted by molar-refractivity contribution is 5.98. The second-order valence-corrected chi connectivity index (χ2v) is 4.68. The van der Waals surface area contributed by atoms with Crippen molar-refractivity contribution in [3.63, 3.8) is 0 Å². The van der Waals surface area contributed by atoms with Crippen LogP contribution in [0, 0.1) is 0 Å². The quantitative estimate of drug-likeness (QED) is 0.802. The van der Waals surface area contributed by atoms with Crippen LogP contribution < -0.4 is 5.32 Å². The fourth-order valence-electron chi connectivity index (χ4n) is 1.13. The van der Waals surface area contributed by atoms with Crippen molar-refractivity contribution in [2.24, 2.45) is 7.05 Å². The predicted molar refractivity (Wildman–Crippen MR) is 61.8 cm³/mol. The van der Waals surface area contributed by atoms with Gasteiger partial charge in [-0.1, -0.05) is 0 Å². The van der Waals surface area contributed by atoms with Gasteiger partial charge in [0.1, 0.15) is 5.60 Å². The predicted octanol–water partition coefficient (Wildman–Crippen LogP) is 1.13. The Kier molecular flexibility index (Phi) is 3.88. The van der Waals surface area contributed by atoms with Crippen LogP contribution >= 0.6 is 0 Å². The van der Waals surface area contributed by atoms with Gasteiger partial charge in [0.05, 0.1) is 18.3 Å². The van der Waals surface area contributed by atoms with Gasteiger partial charge in [0.2, 0.25) is 0 Å². The summed E-state index contributed by atoms with van der Waals surface area (Å²) < 4.78 is 6.53. The van der Waals surface area contributed by atoms with Crippen LogP contribution in [-0.4, -0.2) is 33.8 Å². The molecule has 0 aliphatic carbocycles. The molecule has 94 valence electrons. The second-order valence-electron chi connectivity index (χ2n) is 4.68. The molecule has 6 heteroatoms. The van der Waals surface area contributed by atoms with Gasteiger partial charge in [-0.3, -0.25) is 9.48 Å². The van der Waals surface area contributed by atoms with E-state index in [4.69, 9.17) is 4.74 Å². The second kappa shape index (κ2) is 4.99. The van der Waals surface area contributed by atoms with Crippen LogP contribution in [0.4, 0.5) is 4.79 Å². The van der Waals surface area contributed by atoms with Crippen molar-refractivity contribution >= 4 is 11.9 Å². The van der Waals surface area contributed by atoms with Gasteiger partial charge in [0, 0.05) is 13.2 Å². The lowest BCUT2D eigenvalue weighted by molar-refractivity contribution is 0.0520. The standard InChI is InChI=1S/C11H17N3O3/c1-11(2,3)17-10(16)12-6-9(15)8-5-13-14(4)7-8/h5,7H,6H2,1-4H3,(H,12,16). The lowest BCUT2D eigenvalue weighted by atomic mass is 10.2. The van der Waals surface area contributed by atoms with Crippen LogP contribution in [0.15, 0.2) is 12.4 Å². The Bertz CT molecular complexity index is 418. The maximum Gasteiger partial charge on any atom is 0.408 e. The number of Topliss-reactive ketones (excluding diaryl/α,β-unsaturated/α-hetero) is 1. The number of rotatable bonds is 3. The molecule has 1 aromatic heterocycles. The molecule has 0 spiro atoms. The summed E-state index contributed by atoms with van der Waals surface area (Å²) in [6.07, 6.45) is 2.45. The zero-order chi connectivity index (χ0) is 13.1. The number of hydrogen-bond acceptors (Lipinski definition) is 4. The van der Waals surface area contributed by atoms with E-state index >= 15 is 0 Å². The molecule has 1 aromatic rings. The third kappa shape index (κ3) is 4.67. The Morgan fingerprint density at radius 2 is 2.12 bits per heavy atom. The summed E-state index contributed by atoms with van der Waals surface area (Å²) in [5.74, 6) is -0.205. The number of nitrogens with one attached hydrogen (secondary N) is 1. The van der Waals surface area contributed by atoms with Crippen LogP contribution in [0.5, 0.6) is 0 Å². The molecule has 0 radical (unpaired) electrons. The number of carbonyl (C=O) groups excluding carboxylic acids is 2. The van der Waals surface area contributed by atoms with Crippen LogP contribution in [0.1, 0.15) is 31.1 Å². The molecule has 1 N–H and O–H groups in total. The first-order chi connectivity index (χ1) is 7.78. The molecule has 0 atom stereocenters. The maximum atomic E-state index is 11.6. The number of ketones is 1. The van der Waals surface area contributed by atoms with E-state index in [9.17, 15) is 9.59 Å². The van der Waals surface area contributed by atoms with E-state index in [1.807, 2.05) is 0 Å². The monoisotopic (exact) mass is 239 g/mol. The first kappa shape index (κ1) is 13.2. The summed E-state index contributed by atoms with van der Waals surface area (Å²) in [5, 5.41) is 6.28. The fraction of sp³-hybridized carbons (Fsp3) is 0.545. The van der Waals surface area contributed by atoms with Crippen molar-refractivity contribution in [2.75, 3.05) is 6.54 Å². The summed E-state index contributed by atoms with van der Waals surface area (Å²) in [6.45, 7) is 5.18. The topological polar surface area (TPSA) is 73.2 Å². The van der Waals surface area contributed by atoms with Crippen LogP contribution in [0.25, 0.3) is 0 Å². The first-order valence-electron chi connectivity index (χ1n) is 5.26. The van der Waals surface area contributed by atoms with Crippen molar-refractivity contribution in [1.82, 2.24) is 15.1 Å². The molecule has 0 aliphatic heterocycles. The fourth-order valence-corrected chi connectivity index (χ4v) is 1.13. The average molecular weight is 239 g/mol. The molecule has 0 saturated carbocycles. The molecule has 0 aromatic carbocycles. The summed E-state index contributed by atoms with van der Waals surface area (Å²) >= 11 is 0. The van der Waals surface area contributed by atoms with E-state index in [2.05, 4.69) is 10.4 Å². The summed E-state index contributed by atoms with van der Waals surface area (Å²) in [6, 6.07) is 0. The minimum Gasteiger partial charge on any atom is -0.444 e. The molecular weight excluding hydrogens is 222 g/mol. The highest BCUT2D eigenvalue weighted by Crippen LogP contribution is 2.06. The van der Waals surface area contributed by atoms with Crippen molar-refractivity contribution in [3.05, 3.63) is 18.0 Å². The van der Waals surface area contributed by atoms with Crippen LogP contribution in [0.3, 0.4) is 0 Å². The number of hydrogen-bond donors (Lipinski definition) is 1. The molecule has 1 amide bonds. The zero-order valence-electron chi connectivity index (χ0n) is 10.5. The number of nitrogens with zero attached hydrogens (tertiary/aromatic N) is 2. The Morgan fingerprint density at radius 1 is 1.47 bits per heavy atom. The van der Waals surface area contributed by atoms with E-state index in [1.165, 1.54) is 10.9 Å². The van der Waals surface area contributed by atoms with Crippen molar-refractivity contribution in [1.29, 1.82) is 0 Å². The summed E-state index contributed by atoms with van der Waals surface area (Å²) in [4.78, 5) is 22.9. The summed E-state index contributed by atoms with van der Waals surface area (Å²) in [7, 11) is 1.72. The van der Waals surface area contributed by atoms with Crippen molar-refractivity contribution in [2.45, 2.75) is 26.4 Å². The number of aromatic nitrogens is 2. The molecule has 0 aliphatic rings. The third-order valence-electron chi connectivity index (χ3n) is 1.82. The van der Waals surface area contributed by atoms with Gasteiger partial charge in [-0.15, -0.1) is 0 Å². The smallest absolute Gasteiger partial charge is 0.408 e. The van der Waals surface area contributed by atoms with Gasteiger partial charge >= 0.3 is 6.09 Å². The Balaban J connectivity index is 2.41. The molecule has 0 saturated heterocycles. The van der Waals surface area contributed by atoms with Crippen LogP contribution in [-0.2, 0) is 11.8 Å². The van der Waals surface area contributed by atoms with E-state index in [0.717, 1.165) is 0 Å². The van der Waals surface area contributed by atoms with E-state index in [1.54, 1.807) is 34.0 Å². The molecule has 1 heterocycles.